The van der Waals surface area contributed by atoms with Crippen LogP contribution in [0.3, 0.4) is 0 Å². The van der Waals surface area contributed by atoms with Crippen molar-refractivity contribution < 1.29 is 0 Å². The smallest absolute Gasteiger partial charge is 0.155 e. The predicted molar refractivity (Wildman–Crippen MR) is 77.3 cm³/mol. The molecule has 0 spiro atoms. The first-order valence-corrected chi connectivity index (χ1v) is 6.49. The number of nitrogens with one attached hydrogen (secondary N) is 1. The van der Waals surface area contributed by atoms with Crippen molar-refractivity contribution in [1.82, 2.24) is 15.1 Å². The Labute approximate surface area is 115 Å². The summed E-state index contributed by atoms with van der Waals surface area (Å²) >= 11 is 5.94. The first kappa shape index (κ1) is 15.2. The zero-order chi connectivity index (χ0) is 13.9. The van der Waals surface area contributed by atoms with Crippen LogP contribution in [0.4, 0.5) is 5.82 Å². The predicted octanol–water partition coefficient (Wildman–Crippen LogP) is 2.75. The lowest BCUT2D eigenvalue weighted by Crippen LogP contribution is -2.34. The van der Waals surface area contributed by atoms with Gasteiger partial charge in [-0.05, 0) is 44.5 Å². The van der Waals surface area contributed by atoms with E-state index >= 15 is 0 Å². The van der Waals surface area contributed by atoms with E-state index in [1.807, 2.05) is 13.8 Å². The third kappa shape index (κ3) is 4.10. The number of aromatic nitrogens is 2. The number of hydrogen-bond acceptors (Lipinski definition) is 4. The molecule has 0 unspecified atom stereocenters. The van der Waals surface area contributed by atoms with Gasteiger partial charge in [0.25, 0.3) is 0 Å². The van der Waals surface area contributed by atoms with Gasteiger partial charge >= 0.3 is 0 Å². The molecule has 0 aliphatic rings. The molecule has 18 heavy (non-hydrogen) atoms. The number of hydrogen-bond donors (Lipinski definition) is 1. The van der Waals surface area contributed by atoms with E-state index in [0.717, 1.165) is 30.0 Å². The number of nitrogens with zero attached hydrogens (tertiary/aromatic N) is 3. The van der Waals surface area contributed by atoms with Crippen molar-refractivity contribution >= 4 is 17.4 Å². The van der Waals surface area contributed by atoms with Crippen molar-refractivity contribution in [2.75, 3.05) is 32.5 Å². The average molecular weight is 271 g/mol. The summed E-state index contributed by atoms with van der Waals surface area (Å²) in [6.07, 6.45) is 0. The van der Waals surface area contributed by atoms with E-state index in [9.17, 15) is 0 Å². The molecule has 0 radical (unpaired) electrons. The molecule has 1 N–H and O–H groups in total. The highest BCUT2D eigenvalue weighted by molar-refractivity contribution is 6.30. The van der Waals surface area contributed by atoms with Crippen LogP contribution in [-0.2, 0) is 0 Å². The van der Waals surface area contributed by atoms with Gasteiger partial charge < -0.3 is 10.2 Å². The van der Waals surface area contributed by atoms with Crippen LogP contribution in [-0.4, -0.2) is 42.3 Å². The molecule has 5 heteroatoms. The van der Waals surface area contributed by atoms with Crippen LogP contribution >= 0.6 is 11.6 Å². The van der Waals surface area contributed by atoms with Gasteiger partial charge in [0.1, 0.15) is 0 Å². The molecule has 0 aliphatic heterocycles. The standard InChI is InChI=1S/C13H23ClN4/c1-9-10(2)12(17-16-11(9)14)15-7-13(3,4)8-18(5)6/h7-8H2,1-6H3,(H,15,17). The van der Waals surface area contributed by atoms with E-state index in [1.54, 1.807) is 0 Å². The summed E-state index contributed by atoms with van der Waals surface area (Å²) in [5.74, 6) is 0.823. The molecular weight excluding hydrogens is 248 g/mol. The van der Waals surface area contributed by atoms with Crippen LogP contribution in [0.2, 0.25) is 5.15 Å². The van der Waals surface area contributed by atoms with Gasteiger partial charge in [-0.1, -0.05) is 25.4 Å². The van der Waals surface area contributed by atoms with E-state index in [2.05, 4.69) is 48.4 Å². The molecule has 1 heterocycles. The highest BCUT2D eigenvalue weighted by Crippen LogP contribution is 2.22. The Morgan fingerprint density at radius 1 is 1.17 bits per heavy atom. The maximum absolute atomic E-state index is 5.94. The third-order valence-corrected chi connectivity index (χ3v) is 3.30. The lowest BCUT2D eigenvalue weighted by molar-refractivity contribution is 0.254. The topological polar surface area (TPSA) is 41.1 Å². The first-order valence-electron chi connectivity index (χ1n) is 6.11. The van der Waals surface area contributed by atoms with Crippen LogP contribution in [0.5, 0.6) is 0 Å². The lowest BCUT2D eigenvalue weighted by atomic mass is 9.93. The highest BCUT2D eigenvalue weighted by atomic mass is 35.5. The second-order valence-electron chi connectivity index (χ2n) is 5.84. The van der Waals surface area contributed by atoms with Gasteiger partial charge in [0, 0.05) is 13.1 Å². The normalized spacial score (nSPS) is 12.0. The average Bonchev–Trinajstić information content (AvgIpc) is 2.23. The van der Waals surface area contributed by atoms with E-state index < -0.39 is 0 Å². The van der Waals surface area contributed by atoms with E-state index in [-0.39, 0.29) is 5.41 Å². The quantitative estimate of drug-likeness (QED) is 0.893. The Kier molecular flexibility index (Phi) is 4.93. The van der Waals surface area contributed by atoms with Crippen LogP contribution in [0, 0.1) is 19.3 Å². The maximum Gasteiger partial charge on any atom is 0.155 e. The lowest BCUT2D eigenvalue weighted by Gasteiger charge is -2.28. The zero-order valence-corrected chi connectivity index (χ0v) is 12.9. The van der Waals surface area contributed by atoms with E-state index in [0.29, 0.717) is 5.15 Å². The summed E-state index contributed by atoms with van der Waals surface area (Å²) in [5, 5.41) is 11.9. The number of rotatable bonds is 5. The summed E-state index contributed by atoms with van der Waals surface area (Å²) in [5.41, 5.74) is 2.22. The second-order valence-corrected chi connectivity index (χ2v) is 6.20. The van der Waals surface area contributed by atoms with Gasteiger partial charge in [-0.3, -0.25) is 0 Å². The van der Waals surface area contributed by atoms with Crippen molar-refractivity contribution in [3.8, 4) is 0 Å². The van der Waals surface area contributed by atoms with Crippen molar-refractivity contribution in [1.29, 1.82) is 0 Å². The van der Waals surface area contributed by atoms with Gasteiger partial charge in [0.2, 0.25) is 0 Å². The van der Waals surface area contributed by atoms with Crippen molar-refractivity contribution in [3.05, 3.63) is 16.3 Å². The number of anilines is 1. The van der Waals surface area contributed by atoms with Crippen LogP contribution < -0.4 is 5.32 Å². The monoisotopic (exact) mass is 270 g/mol. The summed E-state index contributed by atoms with van der Waals surface area (Å²) in [6.45, 7) is 10.3. The fraction of sp³-hybridized carbons (Fsp3) is 0.692. The van der Waals surface area contributed by atoms with E-state index in [4.69, 9.17) is 11.6 Å². The molecule has 0 saturated carbocycles. The highest BCUT2D eigenvalue weighted by Gasteiger charge is 2.19. The van der Waals surface area contributed by atoms with Crippen molar-refractivity contribution in [3.63, 3.8) is 0 Å². The van der Waals surface area contributed by atoms with Gasteiger partial charge in [-0.2, -0.15) is 0 Å². The van der Waals surface area contributed by atoms with Gasteiger partial charge in [0.15, 0.2) is 11.0 Å². The summed E-state index contributed by atoms with van der Waals surface area (Å²) in [6, 6.07) is 0. The van der Waals surface area contributed by atoms with E-state index in [1.165, 1.54) is 0 Å². The van der Waals surface area contributed by atoms with Crippen LogP contribution in [0.1, 0.15) is 25.0 Å². The summed E-state index contributed by atoms with van der Waals surface area (Å²) in [4.78, 5) is 2.19. The SMILES string of the molecule is Cc1c(Cl)nnc(NCC(C)(C)CN(C)C)c1C. The fourth-order valence-electron chi connectivity index (χ4n) is 1.98. The first-order chi connectivity index (χ1) is 8.23. The molecule has 102 valence electrons. The molecule has 0 saturated heterocycles. The number of halogens is 1. The van der Waals surface area contributed by atoms with Gasteiger partial charge in [-0.25, -0.2) is 0 Å². The fourth-order valence-corrected chi connectivity index (χ4v) is 2.16. The Hall–Kier alpha value is -0.870. The molecule has 4 nitrogen and oxygen atoms in total. The third-order valence-electron chi connectivity index (χ3n) is 2.94. The molecule has 1 aromatic rings. The van der Waals surface area contributed by atoms with Crippen molar-refractivity contribution in [2.24, 2.45) is 5.41 Å². The minimum atomic E-state index is 0.172. The molecule has 0 atom stereocenters. The Balaban J connectivity index is 2.72. The van der Waals surface area contributed by atoms with Crippen LogP contribution in [0.25, 0.3) is 0 Å². The zero-order valence-electron chi connectivity index (χ0n) is 12.1. The molecule has 0 amide bonds. The van der Waals surface area contributed by atoms with Gasteiger partial charge in [0.05, 0.1) is 0 Å². The minimum Gasteiger partial charge on any atom is -0.368 e. The van der Waals surface area contributed by atoms with Gasteiger partial charge in [-0.15, -0.1) is 10.2 Å². The molecule has 0 fully saturated rings. The molecule has 0 bridgehead atoms. The minimum absolute atomic E-state index is 0.172. The summed E-state index contributed by atoms with van der Waals surface area (Å²) < 4.78 is 0. The van der Waals surface area contributed by atoms with Crippen molar-refractivity contribution in [2.45, 2.75) is 27.7 Å². The molecule has 0 aliphatic carbocycles. The molecule has 1 aromatic heterocycles. The maximum atomic E-state index is 5.94. The Morgan fingerprint density at radius 2 is 1.78 bits per heavy atom. The molecular formula is C13H23ClN4. The molecule has 0 aromatic carbocycles. The van der Waals surface area contributed by atoms with Crippen LogP contribution in [0.15, 0.2) is 0 Å². The molecule has 1 rings (SSSR count). The summed E-state index contributed by atoms with van der Waals surface area (Å²) in [7, 11) is 4.17. The Bertz CT molecular complexity index is 416. The largest absolute Gasteiger partial charge is 0.368 e. The second kappa shape index (κ2) is 5.85. The Morgan fingerprint density at radius 3 is 2.33 bits per heavy atom.